The predicted molar refractivity (Wildman–Crippen MR) is 70.1 cm³/mol. The van der Waals surface area contributed by atoms with E-state index in [1.807, 2.05) is 0 Å². The molecule has 0 N–H and O–H groups in total. The van der Waals surface area contributed by atoms with Gasteiger partial charge in [0.25, 0.3) is 0 Å². The molecule has 1 aliphatic heterocycles. The smallest absolute Gasteiger partial charge is 0.179 e. The minimum absolute atomic E-state index is 0.0136. The number of Topliss-reactive ketones (excluding diaryl/α,β-unsaturated/α-hetero) is 1. The van der Waals surface area contributed by atoms with Gasteiger partial charge in [0, 0.05) is 12.6 Å². The Hall–Kier alpha value is -1.29. The molecule has 0 bridgehead atoms. The van der Waals surface area contributed by atoms with Crippen molar-refractivity contribution in [3.8, 4) is 0 Å². The molecular formula is C15H19F2NO. The number of carbonyl (C=O) groups excluding carboxylic acids is 1. The third kappa shape index (κ3) is 3.60. The number of rotatable bonds is 5. The SMILES string of the molecule is CCCC1CCN(CC(=O)c2ccc(F)cc2F)C1. The number of likely N-dealkylation sites (tertiary alicyclic amines) is 1. The molecule has 2 nitrogen and oxygen atoms in total. The lowest BCUT2D eigenvalue weighted by Gasteiger charge is -2.15. The van der Waals surface area contributed by atoms with Crippen LogP contribution in [-0.4, -0.2) is 30.3 Å². The quantitative estimate of drug-likeness (QED) is 0.763. The minimum Gasteiger partial charge on any atom is -0.296 e. The van der Waals surface area contributed by atoms with E-state index in [0.29, 0.717) is 5.92 Å². The van der Waals surface area contributed by atoms with Crippen LogP contribution in [0.4, 0.5) is 8.78 Å². The standard InChI is InChI=1S/C15H19F2NO/c1-2-3-11-6-7-18(9-11)10-15(19)13-5-4-12(16)8-14(13)17/h4-5,8,11H,2-3,6-7,9-10H2,1H3. The summed E-state index contributed by atoms with van der Waals surface area (Å²) < 4.78 is 26.3. The topological polar surface area (TPSA) is 20.3 Å². The van der Waals surface area contributed by atoms with Crippen molar-refractivity contribution in [1.29, 1.82) is 0 Å². The predicted octanol–water partition coefficient (Wildman–Crippen LogP) is 3.27. The molecule has 1 aliphatic rings. The Balaban J connectivity index is 1.94. The van der Waals surface area contributed by atoms with Gasteiger partial charge in [0.05, 0.1) is 12.1 Å². The van der Waals surface area contributed by atoms with Crippen LogP contribution >= 0.6 is 0 Å². The number of carbonyl (C=O) groups is 1. The van der Waals surface area contributed by atoms with Crippen LogP contribution in [0, 0.1) is 17.6 Å². The third-order valence-electron chi connectivity index (χ3n) is 3.67. The fourth-order valence-electron chi connectivity index (χ4n) is 2.70. The van der Waals surface area contributed by atoms with Gasteiger partial charge in [-0.3, -0.25) is 9.69 Å². The van der Waals surface area contributed by atoms with Crippen molar-refractivity contribution < 1.29 is 13.6 Å². The van der Waals surface area contributed by atoms with Crippen molar-refractivity contribution in [3.63, 3.8) is 0 Å². The van der Waals surface area contributed by atoms with Gasteiger partial charge < -0.3 is 0 Å². The lowest BCUT2D eigenvalue weighted by atomic mass is 10.0. The third-order valence-corrected chi connectivity index (χ3v) is 3.67. The second kappa shape index (κ2) is 6.24. The fraction of sp³-hybridized carbons (Fsp3) is 0.533. The second-order valence-electron chi connectivity index (χ2n) is 5.23. The van der Waals surface area contributed by atoms with Crippen LogP contribution in [-0.2, 0) is 0 Å². The Morgan fingerprint density at radius 2 is 2.21 bits per heavy atom. The summed E-state index contributed by atoms with van der Waals surface area (Å²) in [6, 6.07) is 3.11. The van der Waals surface area contributed by atoms with Gasteiger partial charge >= 0.3 is 0 Å². The molecule has 0 aliphatic carbocycles. The van der Waals surface area contributed by atoms with E-state index in [-0.39, 0.29) is 17.9 Å². The first-order chi connectivity index (χ1) is 9.10. The molecule has 19 heavy (non-hydrogen) atoms. The molecule has 104 valence electrons. The van der Waals surface area contributed by atoms with Gasteiger partial charge in [-0.25, -0.2) is 8.78 Å². The lowest BCUT2D eigenvalue weighted by molar-refractivity contribution is 0.0939. The van der Waals surface area contributed by atoms with Crippen molar-refractivity contribution in [2.75, 3.05) is 19.6 Å². The Kier molecular flexibility index (Phi) is 4.64. The number of benzene rings is 1. The van der Waals surface area contributed by atoms with Crippen LogP contribution in [0.15, 0.2) is 18.2 Å². The van der Waals surface area contributed by atoms with Crippen molar-refractivity contribution in [3.05, 3.63) is 35.4 Å². The number of hydrogen-bond acceptors (Lipinski definition) is 2. The van der Waals surface area contributed by atoms with Gasteiger partial charge in [0.2, 0.25) is 0 Å². The zero-order chi connectivity index (χ0) is 13.8. The highest BCUT2D eigenvalue weighted by Crippen LogP contribution is 2.21. The number of ketones is 1. The van der Waals surface area contributed by atoms with Gasteiger partial charge in [-0.2, -0.15) is 0 Å². The largest absolute Gasteiger partial charge is 0.296 e. The Morgan fingerprint density at radius 3 is 2.89 bits per heavy atom. The zero-order valence-electron chi connectivity index (χ0n) is 11.2. The fourth-order valence-corrected chi connectivity index (χ4v) is 2.70. The summed E-state index contributed by atoms with van der Waals surface area (Å²) in [6.45, 7) is 4.17. The molecule has 0 amide bonds. The summed E-state index contributed by atoms with van der Waals surface area (Å²) in [6.07, 6.45) is 3.43. The summed E-state index contributed by atoms with van der Waals surface area (Å²) in [5.41, 5.74) is -0.0136. The summed E-state index contributed by atoms with van der Waals surface area (Å²) in [7, 11) is 0. The highest BCUT2D eigenvalue weighted by atomic mass is 19.1. The minimum atomic E-state index is -0.769. The van der Waals surface area contributed by atoms with E-state index in [2.05, 4.69) is 11.8 Å². The molecule has 1 heterocycles. The molecule has 0 spiro atoms. The molecule has 4 heteroatoms. The maximum Gasteiger partial charge on any atom is 0.179 e. The van der Waals surface area contributed by atoms with Crippen molar-refractivity contribution >= 4 is 5.78 Å². The average molecular weight is 267 g/mol. The molecule has 1 atom stereocenters. The first-order valence-corrected chi connectivity index (χ1v) is 6.80. The van der Waals surface area contributed by atoms with Crippen LogP contribution < -0.4 is 0 Å². The van der Waals surface area contributed by atoms with E-state index in [1.165, 1.54) is 12.5 Å². The van der Waals surface area contributed by atoms with Gasteiger partial charge in [-0.1, -0.05) is 13.3 Å². The molecular weight excluding hydrogens is 248 g/mol. The maximum absolute atomic E-state index is 13.5. The number of hydrogen-bond donors (Lipinski definition) is 0. The van der Waals surface area contributed by atoms with Gasteiger partial charge in [0.15, 0.2) is 5.78 Å². The van der Waals surface area contributed by atoms with Crippen molar-refractivity contribution in [2.24, 2.45) is 5.92 Å². The molecule has 1 aromatic rings. The Labute approximate surface area is 112 Å². The number of halogens is 2. The zero-order valence-corrected chi connectivity index (χ0v) is 11.2. The first-order valence-electron chi connectivity index (χ1n) is 6.80. The van der Waals surface area contributed by atoms with Crippen LogP contribution in [0.25, 0.3) is 0 Å². The van der Waals surface area contributed by atoms with E-state index < -0.39 is 11.6 Å². The Bertz CT molecular complexity index is 461. The highest BCUT2D eigenvalue weighted by Gasteiger charge is 2.24. The molecule has 1 aromatic carbocycles. The summed E-state index contributed by atoms with van der Waals surface area (Å²) >= 11 is 0. The maximum atomic E-state index is 13.5. The summed E-state index contributed by atoms with van der Waals surface area (Å²) in [5.74, 6) is -1.04. The molecule has 1 unspecified atom stereocenters. The molecule has 2 rings (SSSR count). The second-order valence-corrected chi connectivity index (χ2v) is 5.23. The Morgan fingerprint density at radius 1 is 1.42 bits per heavy atom. The van der Waals surface area contributed by atoms with Crippen LogP contribution in [0.5, 0.6) is 0 Å². The van der Waals surface area contributed by atoms with Crippen LogP contribution in [0.1, 0.15) is 36.5 Å². The van der Waals surface area contributed by atoms with E-state index >= 15 is 0 Å². The molecule has 0 saturated carbocycles. The van der Waals surface area contributed by atoms with Crippen molar-refractivity contribution in [1.82, 2.24) is 4.90 Å². The molecule has 0 radical (unpaired) electrons. The summed E-state index contributed by atoms with van der Waals surface area (Å²) in [5, 5.41) is 0. The lowest BCUT2D eigenvalue weighted by Crippen LogP contribution is -2.28. The normalized spacial score (nSPS) is 19.8. The van der Waals surface area contributed by atoms with Crippen LogP contribution in [0.3, 0.4) is 0 Å². The van der Waals surface area contributed by atoms with Gasteiger partial charge in [-0.05, 0) is 37.4 Å². The van der Waals surface area contributed by atoms with Crippen molar-refractivity contribution in [2.45, 2.75) is 26.2 Å². The monoisotopic (exact) mass is 267 g/mol. The molecule has 0 aromatic heterocycles. The van der Waals surface area contributed by atoms with Gasteiger partial charge in [-0.15, -0.1) is 0 Å². The number of nitrogens with zero attached hydrogens (tertiary/aromatic N) is 1. The van der Waals surface area contributed by atoms with E-state index in [1.54, 1.807) is 0 Å². The first kappa shape index (κ1) is 14.1. The summed E-state index contributed by atoms with van der Waals surface area (Å²) in [4.78, 5) is 14.1. The van der Waals surface area contributed by atoms with E-state index in [9.17, 15) is 13.6 Å². The van der Waals surface area contributed by atoms with E-state index in [0.717, 1.165) is 38.1 Å². The molecule has 1 fully saturated rings. The van der Waals surface area contributed by atoms with E-state index in [4.69, 9.17) is 0 Å². The molecule has 1 saturated heterocycles. The van der Waals surface area contributed by atoms with Crippen LogP contribution in [0.2, 0.25) is 0 Å². The average Bonchev–Trinajstić information content (AvgIpc) is 2.76. The highest BCUT2D eigenvalue weighted by molar-refractivity contribution is 5.97. The van der Waals surface area contributed by atoms with Gasteiger partial charge in [0.1, 0.15) is 11.6 Å².